The SMILES string of the molecule is CNC(CCCOC)c1cc(C(F)(F)F)ccc1F. The number of ether oxygens (including phenoxy) is 1. The first-order valence-electron chi connectivity index (χ1n) is 5.93. The molecule has 0 bridgehead atoms. The van der Waals surface area contributed by atoms with Crippen molar-refractivity contribution in [1.29, 1.82) is 0 Å². The number of nitrogens with one attached hydrogen (secondary N) is 1. The van der Waals surface area contributed by atoms with E-state index < -0.39 is 23.6 Å². The van der Waals surface area contributed by atoms with E-state index in [1.54, 1.807) is 14.2 Å². The summed E-state index contributed by atoms with van der Waals surface area (Å²) in [6.45, 7) is 0.485. The summed E-state index contributed by atoms with van der Waals surface area (Å²) >= 11 is 0. The zero-order valence-electron chi connectivity index (χ0n) is 10.9. The van der Waals surface area contributed by atoms with Gasteiger partial charge in [-0.15, -0.1) is 0 Å². The predicted molar refractivity (Wildman–Crippen MR) is 64.3 cm³/mol. The van der Waals surface area contributed by atoms with Gasteiger partial charge in [-0.2, -0.15) is 13.2 Å². The van der Waals surface area contributed by atoms with Crippen molar-refractivity contribution in [2.24, 2.45) is 0 Å². The van der Waals surface area contributed by atoms with Crippen LogP contribution < -0.4 is 5.32 Å². The van der Waals surface area contributed by atoms with Gasteiger partial charge in [0.2, 0.25) is 0 Å². The molecule has 0 saturated carbocycles. The maximum Gasteiger partial charge on any atom is 0.416 e. The molecule has 2 nitrogen and oxygen atoms in total. The van der Waals surface area contributed by atoms with E-state index in [0.29, 0.717) is 19.4 Å². The molecule has 0 amide bonds. The highest BCUT2D eigenvalue weighted by Crippen LogP contribution is 2.32. The van der Waals surface area contributed by atoms with E-state index in [1.165, 1.54) is 0 Å². The molecule has 1 rings (SSSR count). The van der Waals surface area contributed by atoms with E-state index in [1.807, 2.05) is 0 Å². The largest absolute Gasteiger partial charge is 0.416 e. The van der Waals surface area contributed by atoms with Crippen LogP contribution in [0.5, 0.6) is 0 Å². The normalized spacial score (nSPS) is 13.6. The summed E-state index contributed by atoms with van der Waals surface area (Å²) in [6, 6.07) is 2.01. The van der Waals surface area contributed by atoms with Crippen molar-refractivity contribution in [3.05, 3.63) is 35.1 Å². The number of hydrogen-bond acceptors (Lipinski definition) is 2. The molecule has 108 valence electrons. The topological polar surface area (TPSA) is 21.3 Å². The van der Waals surface area contributed by atoms with Crippen molar-refractivity contribution in [3.8, 4) is 0 Å². The summed E-state index contributed by atoms with van der Waals surface area (Å²) in [5.41, 5.74) is -0.802. The van der Waals surface area contributed by atoms with E-state index in [-0.39, 0.29) is 5.56 Å². The van der Waals surface area contributed by atoms with Gasteiger partial charge >= 0.3 is 6.18 Å². The second-order valence-electron chi connectivity index (χ2n) is 4.21. The first-order valence-corrected chi connectivity index (χ1v) is 5.93. The minimum absolute atomic E-state index is 0.0356. The molecule has 0 fully saturated rings. The molecule has 1 aromatic carbocycles. The minimum Gasteiger partial charge on any atom is -0.385 e. The van der Waals surface area contributed by atoms with Crippen LogP contribution in [0.1, 0.15) is 30.0 Å². The Morgan fingerprint density at radius 2 is 2.00 bits per heavy atom. The molecule has 0 aromatic heterocycles. The lowest BCUT2D eigenvalue weighted by atomic mass is 9.99. The van der Waals surface area contributed by atoms with Gasteiger partial charge in [0.25, 0.3) is 0 Å². The van der Waals surface area contributed by atoms with E-state index in [4.69, 9.17) is 4.74 Å². The molecule has 1 aromatic rings. The molecule has 0 aliphatic rings. The third kappa shape index (κ3) is 4.47. The Bertz CT molecular complexity index is 406. The fourth-order valence-electron chi connectivity index (χ4n) is 1.87. The average Bonchev–Trinajstić information content (AvgIpc) is 2.34. The van der Waals surface area contributed by atoms with Crippen molar-refractivity contribution < 1.29 is 22.3 Å². The van der Waals surface area contributed by atoms with Crippen LogP contribution in [0.4, 0.5) is 17.6 Å². The number of rotatable bonds is 6. The second-order valence-corrected chi connectivity index (χ2v) is 4.21. The second kappa shape index (κ2) is 6.86. The lowest BCUT2D eigenvalue weighted by Crippen LogP contribution is -2.19. The van der Waals surface area contributed by atoms with E-state index in [9.17, 15) is 17.6 Å². The lowest BCUT2D eigenvalue weighted by molar-refractivity contribution is -0.137. The average molecular weight is 279 g/mol. The van der Waals surface area contributed by atoms with Crippen LogP contribution in [-0.2, 0) is 10.9 Å². The first kappa shape index (κ1) is 15.9. The van der Waals surface area contributed by atoms with E-state index >= 15 is 0 Å². The van der Waals surface area contributed by atoms with Crippen LogP contribution in [0.3, 0.4) is 0 Å². The van der Waals surface area contributed by atoms with Crippen LogP contribution in [0.2, 0.25) is 0 Å². The summed E-state index contributed by atoms with van der Waals surface area (Å²) in [5.74, 6) is -0.634. The minimum atomic E-state index is -4.47. The number of hydrogen-bond donors (Lipinski definition) is 1. The first-order chi connectivity index (χ1) is 8.90. The standard InChI is InChI=1S/C13H17F4NO/c1-18-12(4-3-7-19-2)10-8-9(13(15,16)17)5-6-11(10)14/h5-6,8,12,18H,3-4,7H2,1-2H3. The molecule has 0 heterocycles. The highest BCUT2D eigenvalue weighted by Gasteiger charge is 2.31. The van der Waals surface area contributed by atoms with Crippen molar-refractivity contribution in [3.63, 3.8) is 0 Å². The Labute approximate surface area is 109 Å². The molecule has 0 radical (unpaired) electrons. The molecule has 0 aliphatic carbocycles. The highest BCUT2D eigenvalue weighted by molar-refractivity contribution is 5.29. The maximum absolute atomic E-state index is 13.7. The summed E-state index contributed by atoms with van der Waals surface area (Å²) in [7, 11) is 3.14. The number of methoxy groups -OCH3 is 1. The Kier molecular flexibility index (Phi) is 5.75. The predicted octanol–water partition coefficient (Wildman–Crippen LogP) is 3.53. The van der Waals surface area contributed by atoms with Crippen molar-refractivity contribution >= 4 is 0 Å². The Morgan fingerprint density at radius 3 is 2.53 bits per heavy atom. The van der Waals surface area contributed by atoms with Crippen molar-refractivity contribution in [2.45, 2.75) is 25.1 Å². The monoisotopic (exact) mass is 279 g/mol. The van der Waals surface area contributed by atoms with Gasteiger partial charge in [0, 0.05) is 25.3 Å². The molecule has 6 heteroatoms. The fourth-order valence-corrected chi connectivity index (χ4v) is 1.87. The van der Waals surface area contributed by atoms with Gasteiger partial charge in [-0.25, -0.2) is 4.39 Å². The Balaban J connectivity index is 2.95. The van der Waals surface area contributed by atoms with Gasteiger partial charge in [-0.05, 0) is 38.1 Å². The zero-order chi connectivity index (χ0) is 14.5. The summed E-state index contributed by atoms with van der Waals surface area (Å²) < 4.78 is 56.4. The molecule has 1 atom stereocenters. The van der Waals surface area contributed by atoms with Crippen LogP contribution >= 0.6 is 0 Å². The van der Waals surface area contributed by atoms with Gasteiger partial charge in [-0.1, -0.05) is 0 Å². The van der Waals surface area contributed by atoms with Crippen molar-refractivity contribution in [2.75, 3.05) is 20.8 Å². The summed E-state index contributed by atoms with van der Waals surface area (Å²) in [4.78, 5) is 0. The third-order valence-corrected chi connectivity index (χ3v) is 2.89. The lowest BCUT2D eigenvalue weighted by Gasteiger charge is -2.19. The van der Waals surface area contributed by atoms with Crippen LogP contribution in [-0.4, -0.2) is 20.8 Å². The molecular formula is C13H17F4NO. The van der Waals surface area contributed by atoms with Gasteiger partial charge < -0.3 is 10.1 Å². The maximum atomic E-state index is 13.7. The van der Waals surface area contributed by atoms with Gasteiger partial charge in [0.15, 0.2) is 0 Å². The van der Waals surface area contributed by atoms with E-state index in [0.717, 1.165) is 18.2 Å². The number of benzene rings is 1. The summed E-state index contributed by atoms with van der Waals surface area (Å²) in [6.07, 6.45) is -3.33. The molecular weight excluding hydrogens is 262 g/mol. The third-order valence-electron chi connectivity index (χ3n) is 2.89. The number of halogens is 4. The summed E-state index contributed by atoms with van der Waals surface area (Å²) in [5, 5.41) is 2.83. The van der Waals surface area contributed by atoms with Crippen LogP contribution in [0.25, 0.3) is 0 Å². The fraction of sp³-hybridized carbons (Fsp3) is 0.538. The van der Waals surface area contributed by atoms with E-state index in [2.05, 4.69) is 5.32 Å². The molecule has 0 aliphatic heterocycles. The van der Waals surface area contributed by atoms with Crippen molar-refractivity contribution in [1.82, 2.24) is 5.32 Å². The quantitative estimate of drug-likeness (QED) is 0.635. The molecule has 19 heavy (non-hydrogen) atoms. The molecule has 1 unspecified atom stereocenters. The van der Waals surface area contributed by atoms with Gasteiger partial charge in [0.05, 0.1) is 5.56 Å². The zero-order valence-corrected chi connectivity index (χ0v) is 10.9. The Morgan fingerprint density at radius 1 is 1.32 bits per heavy atom. The number of alkyl halides is 3. The Hall–Kier alpha value is -1.14. The molecule has 1 N–H and O–H groups in total. The smallest absolute Gasteiger partial charge is 0.385 e. The van der Waals surface area contributed by atoms with Crippen LogP contribution in [0, 0.1) is 5.82 Å². The molecule has 0 spiro atoms. The van der Waals surface area contributed by atoms with Gasteiger partial charge in [-0.3, -0.25) is 0 Å². The highest BCUT2D eigenvalue weighted by atomic mass is 19.4. The van der Waals surface area contributed by atoms with Crippen LogP contribution in [0.15, 0.2) is 18.2 Å². The van der Waals surface area contributed by atoms with Gasteiger partial charge in [0.1, 0.15) is 5.82 Å². The molecule has 0 saturated heterocycles.